The number of aliphatic carboxylic acids is 1. The monoisotopic (exact) mass is 1740 g/mol. The molecule has 0 radical (unpaired) electrons. The fraction of sp³-hybridized carbons (Fsp3) is 0.469. The summed E-state index contributed by atoms with van der Waals surface area (Å²) in [6.07, 6.45) is 12.2. The zero-order chi connectivity index (χ0) is 91.5. The van der Waals surface area contributed by atoms with Gasteiger partial charge in [0.05, 0.1) is 69.3 Å². The van der Waals surface area contributed by atoms with E-state index < -0.39 is 53.6 Å². The van der Waals surface area contributed by atoms with E-state index in [1.807, 2.05) is 121 Å². The summed E-state index contributed by atoms with van der Waals surface area (Å²) >= 11 is 0. The number of alkyl carbamates (subject to hydrolysis) is 3. The number of amides is 7. The number of hydrogen-bond donors (Lipinski definition) is 6. The molecule has 6 aliphatic heterocycles. The van der Waals surface area contributed by atoms with Gasteiger partial charge in [0.15, 0.2) is 0 Å². The van der Waals surface area contributed by atoms with Gasteiger partial charge in [0, 0.05) is 75.9 Å². The number of ether oxygens (including phenoxy) is 5. The maximum Gasteiger partial charge on any atom is 0.410 e. The van der Waals surface area contributed by atoms with Crippen LogP contribution in [0.3, 0.4) is 0 Å². The van der Waals surface area contributed by atoms with E-state index in [0.717, 1.165) is 153 Å². The molecule has 0 spiro atoms. The molecule has 29 nitrogen and oxygen atoms in total. The number of H-pyrrole nitrogens is 2. The van der Waals surface area contributed by atoms with E-state index in [1.54, 1.807) is 13.8 Å². The Morgan fingerprint density at radius 2 is 0.843 bits per heavy atom. The molecule has 6 N–H and O–H groups in total. The molecule has 2 aromatic heterocycles. The minimum atomic E-state index is -1.06. The molecule has 4 fully saturated rings. The van der Waals surface area contributed by atoms with Gasteiger partial charge in [0.1, 0.15) is 41.0 Å². The zero-order valence-corrected chi connectivity index (χ0v) is 76.5. The highest BCUT2D eigenvalue weighted by atomic mass is 16.6. The number of benzene rings is 6. The van der Waals surface area contributed by atoms with Crippen molar-refractivity contribution in [3.8, 4) is 44.8 Å². The number of nitrogens with one attached hydrogen (secondary N) is 5. The van der Waals surface area contributed by atoms with Crippen molar-refractivity contribution < 1.29 is 67.1 Å². The van der Waals surface area contributed by atoms with Crippen molar-refractivity contribution in [3.05, 3.63) is 169 Å². The van der Waals surface area contributed by atoms with E-state index in [2.05, 4.69) is 176 Å². The van der Waals surface area contributed by atoms with Crippen LogP contribution < -0.4 is 16.0 Å². The normalized spacial score (nSPS) is 19.4. The quantitative estimate of drug-likeness (QED) is 0.0324. The number of allylic oxidation sites excluding steroid dienone is 2. The highest BCUT2D eigenvalue weighted by Crippen LogP contribution is 2.42. The Labute approximate surface area is 744 Å². The van der Waals surface area contributed by atoms with Crippen LogP contribution in [0.1, 0.15) is 169 Å². The number of rotatable bonds is 23. The molecule has 4 saturated heterocycles. The maximum atomic E-state index is 14.0. The van der Waals surface area contributed by atoms with Gasteiger partial charge in [-0.25, -0.2) is 38.7 Å². The lowest BCUT2D eigenvalue weighted by atomic mass is 9.95. The van der Waals surface area contributed by atoms with E-state index in [-0.39, 0.29) is 65.9 Å². The maximum absolute atomic E-state index is 14.0. The minimum Gasteiger partial charge on any atom is -0.480 e. The Morgan fingerprint density at radius 1 is 0.472 bits per heavy atom. The standard InChI is InChI=1S/C47H58N8O6.C44H54N6O4.C7H13NO4/c1-8-37(51-46(58)60-6)44(56)54-19-9-10-40(54)38-23-36(24-48-38)35-18-17-33-21-32(15-16-34(33)22-35)30-11-13-31(14-12-30)39-25-49-43(50-39)41-20-29(26-53(4)5)27-55(41)45(57)42(28(2)3)52-47(59)61-7;1-43(2,3)53-41(51)49-19-9-10-38(49)36-23-35(24-45-36)34-18-17-32-21-31(15-16-33(32)22-34)29-11-13-30(14-12-29)37-25-46-40(47-37)39-20-28(26-48(7)8)27-50(39)42(52)54-44(4,5)6;1-4(2)5(6(9)10)8-7(11)12-3/h11-18,21-22,24-25,28-29,37,40-42H,8-10,19-20,23,26-27H2,1-7H3,(H,49,50)(H,51,58)(H,52,59);11-18,21-22,24-25,28,38-39H,9-10,19-20,23,26-27H2,1-8H3,(H,46,47);4-5H,1-3H3,(H,8,11)(H,9,10)/t29?,37-,40-,41-,42-;28-,38+,39+;5-/m010/s1. The second-order valence-corrected chi connectivity index (χ2v) is 37.0. The third-order valence-electron chi connectivity index (χ3n) is 23.9. The lowest BCUT2D eigenvalue weighted by Gasteiger charge is -2.30. The number of aliphatic imine (C=N–C) groups is 2. The largest absolute Gasteiger partial charge is 0.480 e. The van der Waals surface area contributed by atoms with Crippen molar-refractivity contribution in [1.82, 2.24) is 65.3 Å². The summed E-state index contributed by atoms with van der Waals surface area (Å²) in [5, 5.41) is 20.8. The number of nitrogens with zero attached hydrogens (tertiary/aromatic N) is 10. The topological polar surface area (TPSA) is 341 Å². The summed E-state index contributed by atoms with van der Waals surface area (Å²) in [7, 11) is 12.0. The van der Waals surface area contributed by atoms with E-state index in [4.69, 9.17) is 44.0 Å². The van der Waals surface area contributed by atoms with Crippen molar-refractivity contribution in [2.45, 2.75) is 187 Å². The predicted molar refractivity (Wildman–Crippen MR) is 494 cm³/mol. The smallest absolute Gasteiger partial charge is 0.410 e. The molecular formula is C98H125N15O14. The molecule has 0 aliphatic carbocycles. The lowest BCUT2D eigenvalue weighted by molar-refractivity contribution is -0.140. The van der Waals surface area contributed by atoms with Crippen molar-refractivity contribution >= 4 is 92.4 Å². The van der Waals surface area contributed by atoms with Crippen molar-refractivity contribution in [2.24, 2.45) is 33.7 Å². The molecule has 6 aliphatic rings. The molecule has 0 saturated carbocycles. The van der Waals surface area contributed by atoms with Crippen molar-refractivity contribution in [1.29, 1.82) is 0 Å². The summed E-state index contributed by atoms with van der Waals surface area (Å²) in [4.78, 5) is 137. The highest BCUT2D eigenvalue weighted by Gasteiger charge is 2.44. The highest BCUT2D eigenvalue weighted by molar-refractivity contribution is 6.06. The van der Waals surface area contributed by atoms with Gasteiger partial charge in [-0.1, -0.05) is 132 Å². The second-order valence-electron chi connectivity index (χ2n) is 37.0. The first-order valence-electron chi connectivity index (χ1n) is 44.0. The molecule has 8 aromatic rings. The van der Waals surface area contributed by atoms with Crippen molar-refractivity contribution in [3.63, 3.8) is 0 Å². The third kappa shape index (κ3) is 23.5. The lowest BCUT2D eigenvalue weighted by Crippen LogP contribution is -2.51. The van der Waals surface area contributed by atoms with Gasteiger partial charge in [-0.05, 0) is 240 Å². The van der Waals surface area contributed by atoms with Gasteiger partial charge in [-0.3, -0.25) is 29.4 Å². The predicted octanol–water partition coefficient (Wildman–Crippen LogP) is 16.8. The first-order chi connectivity index (χ1) is 60.4. The molecule has 29 heteroatoms. The molecule has 7 amide bonds. The number of carboxylic acids is 1. The molecule has 676 valence electrons. The number of hydrogen-bond acceptors (Lipinski definition) is 19. The van der Waals surface area contributed by atoms with Gasteiger partial charge >= 0.3 is 36.4 Å². The van der Waals surface area contributed by atoms with Gasteiger partial charge in [-0.2, -0.15) is 0 Å². The number of imidazole rings is 2. The molecule has 14 rings (SSSR count). The van der Waals surface area contributed by atoms with Crippen LogP contribution in [0.25, 0.3) is 77.5 Å². The van der Waals surface area contributed by atoms with Gasteiger partial charge in [-0.15, -0.1) is 0 Å². The van der Waals surface area contributed by atoms with E-state index in [0.29, 0.717) is 44.9 Å². The van der Waals surface area contributed by atoms with Crippen LogP contribution in [0.5, 0.6) is 0 Å². The fourth-order valence-corrected chi connectivity index (χ4v) is 17.7. The van der Waals surface area contributed by atoms with Crippen LogP contribution in [0.15, 0.2) is 156 Å². The molecule has 127 heavy (non-hydrogen) atoms. The van der Waals surface area contributed by atoms with Crippen LogP contribution >= 0.6 is 0 Å². The average Bonchev–Trinajstić information content (AvgIpc) is 1.72. The molecule has 6 aromatic carbocycles. The average molecular weight is 1740 g/mol. The molecule has 8 heterocycles. The second kappa shape index (κ2) is 41.0. The Hall–Kier alpha value is -12.2. The Bertz CT molecular complexity index is 5420. The first kappa shape index (κ1) is 93.9. The van der Waals surface area contributed by atoms with E-state index in [1.165, 1.54) is 37.7 Å². The third-order valence-corrected chi connectivity index (χ3v) is 23.9. The van der Waals surface area contributed by atoms with Gasteiger partial charge in [0.25, 0.3) is 0 Å². The number of carboxylic acid groups (broad SMARTS) is 1. The number of likely N-dealkylation sites (tertiary alicyclic amines) is 4. The number of methoxy groups -OCH3 is 3. The van der Waals surface area contributed by atoms with Crippen molar-refractivity contribution in [2.75, 3.05) is 88.8 Å². The number of fused-ring (bicyclic) bond motifs is 2. The molecule has 1 unspecified atom stereocenters. The number of aromatic amines is 2. The summed E-state index contributed by atoms with van der Waals surface area (Å²) < 4.78 is 25.3. The zero-order valence-electron chi connectivity index (χ0n) is 76.5. The van der Waals surface area contributed by atoms with Crippen LogP contribution in [0.4, 0.5) is 24.0 Å². The van der Waals surface area contributed by atoms with Crippen LogP contribution in [-0.2, 0) is 38.1 Å². The summed E-state index contributed by atoms with van der Waals surface area (Å²) in [5.41, 5.74) is 13.7. The minimum absolute atomic E-state index is 0.0130. The molecule has 9 atom stereocenters. The fourth-order valence-electron chi connectivity index (χ4n) is 17.7. The summed E-state index contributed by atoms with van der Waals surface area (Å²) in [5.74, 6) is 0.511. The van der Waals surface area contributed by atoms with Crippen LogP contribution in [0, 0.1) is 23.7 Å². The van der Waals surface area contributed by atoms with E-state index >= 15 is 0 Å². The summed E-state index contributed by atoms with van der Waals surface area (Å²) in [6, 6.07) is 40.3. The number of carbonyl (C=O) groups is 8. The Balaban J connectivity index is 0.000000205. The van der Waals surface area contributed by atoms with Crippen LogP contribution in [0.2, 0.25) is 0 Å². The summed E-state index contributed by atoms with van der Waals surface area (Å²) in [6.45, 7) is 24.8. The van der Waals surface area contributed by atoms with Crippen LogP contribution in [-0.4, -0.2) is 244 Å². The number of aromatic nitrogens is 4. The Kier molecular flexibility index (Phi) is 30.3. The van der Waals surface area contributed by atoms with E-state index in [9.17, 15) is 38.4 Å². The van der Waals surface area contributed by atoms with Gasteiger partial charge < -0.3 is 74.3 Å². The SMILES string of the molecule is CC[C@H](NC(=O)OC)C(=O)N1CCC[C@H]1C1=NC=C(c2ccc3cc(-c4ccc(-c5cnc([C@@H]6CC(CN(C)C)CN6C(=O)[C@@H](NC(=O)OC)C(C)C)[nH]5)cc4)ccc3c2)C1.CN(C)C[C@H]1C[C@@H](c2ncc(-c3ccc(-c4ccc5cc(C6=CN=C([C@@H]7CCCN7C(=O)OC(C)(C)C)C6)ccc5c4)cc3)[nH]2)N(C(=O)OC(C)(C)C)C1.COC(=O)N[C@H](C(=O)O)C(C)C. The molecule has 0 bridgehead atoms. The number of carbonyl (C=O) groups excluding carboxylic acids is 7. The Morgan fingerprint density at radius 3 is 1.25 bits per heavy atom. The van der Waals surface area contributed by atoms with Gasteiger partial charge in [0.2, 0.25) is 11.8 Å². The first-order valence-corrected chi connectivity index (χ1v) is 44.0. The molecular weight excluding hydrogens is 1610 g/mol.